The molecule has 7 heteroatoms. The molecule has 1 amide bonds. The Morgan fingerprint density at radius 2 is 2.16 bits per heavy atom. The fourth-order valence-electron chi connectivity index (χ4n) is 1.32. The molecule has 1 heterocycles. The summed E-state index contributed by atoms with van der Waals surface area (Å²) in [5.41, 5.74) is 0.0811. The van der Waals surface area contributed by atoms with E-state index in [4.69, 9.17) is 5.11 Å². The highest BCUT2D eigenvalue weighted by Crippen LogP contribution is 1.99. The Balaban J connectivity index is 2.66. The number of hydrogen-bond donors (Lipinski definition) is 2. The largest absolute Gasteiger partial charge is 0.480 e. The maximum absolute atomic E-state index is 11.7. The van der Waals surface area contributed by atoms with Crippen molar-refractivity contribution in [1.82, 2.24) is 10.3 Å². The molecule has 0 bridgehead atoms. The molecule has 19 heavy (non-hydrogen) atoms. The molecule has 0 unspecified atom stereocenters. The number of esters is 1. The maximum atomic E-state index is 11.7. The number of aliphatic carboxylic acids is 1. The van der Waals surface area contributed by atoms with E-state index in [0.717, 1.165) is 0 Å². The molecular weight excluding hydrogens is 252 g/mol. The highest BCUT2D eigenvalue weighted by Gasteiger charge is 2.24. The SMILES string of the molecule is CCOC(=O)C[C@H](NC(=O)c1ccccn1)C(=O)O. The van der Waals surface area contributed by atoms with Crippen LogP contribution in [0.2, 0.25) is 0 Å². The third-order valence-corrected chi connectivity index (χ3v) is 2.18. The molecule has 1 aromatic heterocycles. The van der Waals surface area contributed by atoms with Crippen LogP contribution in [0.25, 0.3) is 0 Å². The Kier molecular flexibility index (Phi) is 5.46. The number of nitrogens with one attached hydrogen (secondary N) is 1. The van der Waals surface area contributed by atoms with Gasteiger partial charge in [-0.3, -0.25) is 14.6 Å². The minimum Gasteiger partial charge on any atom is -0.480 e. The van der Waals surface area contributed by atoms with Crippen molar-refractivity contribution < 1.29 is 24.2 Å². The zero-order valence-corrected chi connectivity index (χ0v) is 10.3. The predicted octanol–water partition coefficient (Wildman–Crippen LogP) is 0.218. The summed E-state index contributed by atoms with van der Waals surface area (Å²) in [6.07, 6.45) is 0.984. The van der Waals surface area contributed by atoms with Gasteiger partial charge in [0, 0.05) is 6.20 Å². The standard InChI is InChI=1S/C12H14N2O5/c1-2-19-10(15)7-9(12(17)18)14-11(16)8-5-3-4-6-13-8/h3-6,9H,2,7H2,1H3,(H,14,16)(H,17,18)/t9-/m0/s1. The van der Waals surface area contributed by atoms with Gasteiger partial charge in [-0.15, -0.1) is 0 Å². The van der Waals surface area contributed by atoms with Crippen LogP contribution in [0.1, 0.15) is 23.8 Å². The zero-order valence-electron chi connectivity index (χ0n) is 10.3. The fourth-order valence-corrected chi connectivity index (χ4v) is 1.32. The first-order chi connectivity index (χ1) is 9.04. The van der Waals surface area contributed by atoms with E-state index < -0.39 is 30.3 Å². The molecule has 0 radical (unpaired) electrons. The second-order valence-corrected chi connectivity index (χ2v) is 3.59. The van der Waals surface area contributed by atoms with Crippen molar-refractivity contribution in [2.75, 3.05) is 6.61 Å². The average Bonchev–Trinajstić information content (AvgIpc) is 2.39. The van der Waals surface area contributed by atoms with Crippen molar-refractivity contribution in [3.05, 3.63) is 30.1 Å². The summed E-state index contributed by atoms with van der Waals surface area (Å²) in [7, 11) is 0. The second-order valence-electron chi connectivity index (χ2n) is 3.59. The van der Waals surface area contributed by atoms with E-state index in [0.29, 0.717) is 0 Å². The van der Waals surface area contributed by atoms with Gasteiger partial charge in [0.15, 0.2) is 0 Å². The summed E-state index contributed by atoms with van der Waals surface area (Å²) >= 11 is 0. The molecule has 1 atom stereocenters. The minimum atomic E-state index is -1.34. The van der Waals surface area contributed by atoms with Gasteiger partial charge in [-0.05, 0) is 19.1 Å². The summed E-state index contributed by atoms with van der Waals surface area (Å²) in [4.78, 5) is 37.7. The zero-order chi connectivity index (χ0) is 14.3. The summed E-state index contributed by atoms with van der Waals surface area (Å²) in [6, 6.07) is 3.33. The van der Waals surface area contributed by atoms with E-state index in [1.807, 2.05) is 0 Å². The average molecular weight is 266 g/mol. The van der Waals surface area contributed by atoms with E-state index in [-0.39, 0.29) is 12.3 Å². The number of amides is 1. The lowest BCUT2D eigenvalue weighted by molar-refractivity contribution is -0.149. The Hall–Kier alpha value is -2.44. The van der Waals surface area contributed by atoms with Gasteiger partial charge >= 0.3 is 11.9 Å². The lowest BCUT2D eigenvalue weighted by Gasteiger charge is -2.13. The van der Waals surface area contributed by atoms with Gasteiger partial charge < -0.3 is 15.2 Å². The first kappa shape index (κ1) is 14.6. The van der Waals surface area contributed by atoms with Crippen LogP contribution >= 0.6 is 0 Å². The summed E-state index contributed by atoms with van der Waals surface area (Å²) in [5, 5.41) is 11.2. The third kappa shape index (κ3) is 4.74. The number of carboxylic acids is 1. The topological polar surface area (TPSA) is 106 Å². The van der Waals surface area contributed by atoms with Crippen LogP contribution in [0.15, 0.2) is 24.4 Å². The van der Waals surface area contributed by atoms with E-state index in [1.165, 1.54) is 12.3 Å². The Morgan fingerprint density at radius 1 is 1.42 bits per heavy atom. The molecule has 0 spiro atoms. The Morgan fingerprint density at radius 3 is 2.68 bits per heavy atom. The number of carboxylic acid groups (broad SMARTS) is 1. The van der Waals surface area contributed by atoms with Crippen LogP contribution < -0.4 is 5.32 Å². The maximum Gasteiger partial charge on any atom is 0.326 e. The van der Waals surface area contributed by atoms with Gasteiger partial charge in [-0.1, -0.05) is 6.07 Å². The first-order valence-electron chi connectivity index (χ1n) is 5.65. The van der Waals surface area contributed by atoms with Crippen LogP contribution in [0.5, 0.6) is 0 Å². The van der Waals surface area contributed by atoms with Crippen molar-refractivity contribution in [1.29, 1.82) is 0 Å². The van der Waals surface area contributed by atoms with Gasteiger partial charge in [0.25, 0.3) is 5.91 Å². The molecule has 0 fully saturated rings. The van der Waals surface area contributed by atoms with Gasteiger partial charge in [0.1, 0.15) is 11.7 Å². The second kappa shape index (κ2) is 7.10. The number of nitrogens with zero attached hydrogens (tertiary/aromatic N) is 1. The number of pyridine rings is 1. The van der Waals surface area contributed by atoms with Crippen molar-refractivity contribution in [2.24, 2.45) is 0 Å². The molecule has 2 N–H and O–H groups in total. The van der Waals surface area contributed by atoms with Gasteiger partial charge in [0.05, 0.1) is 13.0 Å². The lowest BCUT2D eigenvalue weighted by atomic mass is 10.2. The van der Waals surface area contributed by atoms with E-state index in [1.54, 1.807) is 19.1 Å². The number of ether oxygens (including phenoxy) is 1. The highest BCUT2D eigenvalue weighted by atomic mass is 16.5. The fraction of sp³-hybridized carbons (Fsp3) is 0.333. The number of carbonyl (C=O) groups is 3. The van der Waals surface area contributed by atoms with Gasteiger partial charge in [0.2, 0.25) is 0 Å². The van der Waals surface area contributed by atoms with Crippen LogP contribution in [0.4, 0.5) is 0 Å². The monoisotopic (exact) mass is 266 g/mol. The summed E-state index contributed by atoms with van der Waals surface area (Å²) in [6.45, 7) is 1.76. The molecule has 1 rings (SSSR count). The van der Waals surface area contributed by atoms with Crippen molar-refractivity contribution in [3.63, 3.8) is 0 Å². The highest BCUT2D eigenvalue weighted by molar-refractivity contribution is 5.95. The number of hydrogen-bond acceptors (Lipinski definition) is 5. The van der Waals surface area contributed by atoms with Gasteiger partial charge in [-0.2, -0.15) is 0 Å². The number of carbonyl (C=O) groups excluding carboxylic acids is 2. The number of rotatable bonds is 6. The summed E-state index contributed by atoms with van der Waals surface area (Å²) in [5.74, 6) is -2.65. The van der Waals surface area contributed by atoms with E-state index in [9.17, 15) is 14.4 Å². The molecular formula is C12H14N2O5. The minimum absolute atomic E-state index is 0.0811. The molecule has 0 saturated carbocycles. The van der Waals surface area contributed by atoms with Gasteiger partial charge in [-0.25, -0.2) is 4.79 Å². The third-order valence-electron chi connectivity index (χ3n) is 2.18. The molecule has 0 saturated heterocycles. The number of aromatic nitrogens is 1. The smallest absolute Gasteiger partial charge is 0.326 e. The van der Waals surface area contributed by atoms with Crippen LogP contribution in [0.3, 0.4) is 0 Å². The van der Waals surface area contributed by atoms with Crippen molar-refractivity contribution >= 4 is 17.8 Å². The molecule has 0 aliphatic carbocycles. The van der Waals surface area contributed by atoms with E-state index >= 15 is 0 Å². The Labute approximate surface area is 109 Å². The van der Waals surface area contributed by atoms with Crippen molar-refractivity contribution in [2.45, 2.75) is 19.4 Å². The van der Waals surface area contributed by atoms with E-state index in [2.05, 4.69) is 15.0 Å². The quantitative estimate of drug-likeness (QED) is 0.713. The lowest BCUT2D eigenvalue weighted by Crippen LogP contribution is -2.42. The predicted molar refractivity (Wildman–Crippen MR) is 64.4 cm³/mol. The molecule has 0 aromatic carbocycles. The van der Waals surface area contributed by atoms with Crippen LogP contribution in [0, 0.1) is 0 Å². The van der Waals surface area contributed by atoms with Crippen LogP contribution in [-0.2, 0) is 14.3 Å². The molecule has 102 valence electrons. The molecule has 7 nitrogen and oxygen atoms in total. The Bertz CT molecular complexity index is 460. The molecule has 1 aromatic rings. The normalized spacial score (nSPS) is 11.4. The first-order valence-corrected chi connectivity index (χ1v) is 5.65. The molecule has 0 aliphatic heterocycles. The summed E-state index contributed by atoms with van der Waals surface area (Å²) < 4.78 is 4.64. The molecule has 0 aliphatic rings. The van der Waals surface area contributed by atoms with Crippen molar-refractivity contribution in [3.8, 4) is 0 Å². The van der Waals surface area contributed by atoms with Crippen LogP contribution in [-0.4, -0.2) is 40.6 Å².